The van der Waals surface area contributed by atoms with Gasteiger partial charge in [0, 0.05) is 19.3 Å². The fourth-order valence-corrected chi connectivity index (χ4v) is 5.50. The van der Waals surface area contributed by atoms with Crippen LogP contribution in [0.5, 0.6) is 0 Å². The van der Waals surface area contributed by atoms with Crippen LogP contribution in [0.25, 0.3) is 11.1 Å². The van der Waals surface area contributed by atoms with Crippen molar-refractivity contribution < 1.29 is 44.4 Å². The van der Waals surface area contributed by atoms with Crippen LogP contribution in [-0.4, -0.2) is 61.7 Å². The largest absolute Gasteiger partial charge is 0.481 e. The molecular weight excluding hydrogens is 628 g/mol. The summed E-state index contributed by atoms with van der Waals surface area (Å²) in [5.41, 5.74) is -0.320. The number of ketones is 1. The lowest BCUT2D eigenvalue weighted by atomic mass is 9.82. The van der Waals surface area contributed by atoms with Gasteiger partial charge >= 0.3 is 17.9 Å². The van der Waals surface area contributed by atoms with Crippen molar-refractivity contribution in [1.29, 1.82) is 5.26 Å². The number of amides is 1. The molecule has 0 bridgehead atoms. The first-order chi connectivity index (χ1) is 23.4. The number of nitrogens with zero attached hydrogens (tertiary/aromatic N) is 1. The number of nitrogens with one attached hydrogen (secondary N) is 1. The van der Waals surface area contributed by atoms with E-state index in [9.17, 15) is 44.4 Å². The van der Waals surface area contributed by atoms with Gasteiger partial charge < -0.3 is 25.7 Å². The maximum atomic E-state index is 13.4. The first-order valence-electron chi connectivity index (χ1n) is 16.9. The van der Waals surface area contributed by atoms with E-state index < -0.39 is 47.8 Å². The Balaban J connectivity index is 2.03. The first-order valence-corrected chi connectivity index (χ1v) is 16.9. The third-order valence-electron chi connectivity index (χ3n) is 8.41. The zero-order valence-electron chi connectivity index (χ0n) is 28.1. The van der Waals surface area contributed by atoms with Crippen LogP contribution in [0.1, 0.15) is 102 Å². The Morgan fingerprint density at radius 1 is 0.816 bits per heavy atom. The molecule has 0 aliphatic heterocycles. The van der Waals surface area contributed by atoms with Gasteiger partial charge in [0.25, 0.3) is 0 Å². The van der Waals surface area contributed by atoms with Crippen molar-refractivity contribution >= 4 is 29.6 Å². The van der Waals surface area contributed by atoms with Crippen molar-refractivity contribution in [2.24, 2.45) is 5.92 Å². The second-order valence-electron chi connectivity index (χ2n) is 12.4. The van der Waals surface area contributed by atoms with Crippen molar-refractivity contribution in [1.82, 2.24) is 5.32 Å². The number of allylic oxidation sites excluding steroid dienone is 1. The van der Waals surface area contributed by atoms with Crippen LogP contribution in [-0.2, 0) is 30.4 Å². The number of aliphatic carboxylic acids is 3. The summed E-state index contributed by atoms with van der Waals surface area (Å²) in [6.07, 6.45) is 11.2. The molecule has 0 aliphatic rings. The van der Waals surface area contributed by atoms with Gasteiger partial charge in [0.05, 0.1) is 24.0 Å². The van der Waals surface area contributed by atoms with Gasteiger partial charge in [-0.05, 0) is 54.5 Å². The number of carbonyl (C=O) groups excluding carboxylic acids is 2. The minimum atomic E-state index is -3.03. The number of aliphatic hydroxyl groups is 1. The van der Waals surface area contributed by atoms with E-state index in [1.807, 2.05) is 6.07 Å². The van der Waals surface area contributed by atoms with Gasteiger partial charge in [0.15, 0.2) is 5.60 Å². The first kappa shape index (κ1) is 40.4. The fourth-order valence-electron chi connectivity index (χ4n) is 5.50. The molecule has 264 valence electrons. The Hall–Kier alpha value is -4.82. The zero-order valence-corrected chi connectivity index (χ0v) is 28.1. The molecule has 5 N–H and O–H groups in total. The third-order valence-corrected chi connectivity index (χ3v) is 8.41. The monoisotopic (exact) mass is 676 g/mol. The molecule has 11 heteroatoms. The molecule has 0 spiro atoms. The van der Waals surface area contributed by atoms with Crippen molar-refractivity contribution in [2.75, 3.05) is 0 Å². The lowest BCUT2D eigenvalue weighted by molar-refractivity contribution is -0.172. The normalized spacial score (nSPS) is 13.6. The molecular formula is C38H48N2O9. The second-order valence-corrected chi connectivity index (χ2v) is 12.4. The number of hydrogen-bond acceptors (Lipinski definition) is 7. The summed E-state index contributed by atoms with van der Waals surface area (Å²) in [5.74, 6) is -7.76. The van der Waals surface area contributed by atoms with E-state index in [4.69, 9.17) is 5.26 Å². The summed E-state index contributed by atoms with van der Waals surface area (Å²) in [5, 5.41) is 51.2. The number of Topliss-reactive ketones (excluding diaryl/α,β-unsaturated/α-hetero) is 1. The maximum absolute atomic E-state index is 13.4. The van der Waals surface area contributed by atoms with E-state index in [1.54, 1.807) is 48.5 Å². The van der Waals surface area contributed by atoms with E-state index in [1.165, 1.54) is 12.5 Å². The molecule has 11 nitrogen and oxygen atoms in total. The van der Waals surface area contributed by atoms with E-state index >= 15 is 0 Å². The summed E-state index contributed by atoms with van der Waals surface area (Å²) in [6.45, 7) is 2.15. The average molecular weight is 677 g/mol. The number of hydrogen-bond donors (Lipinski definition) is 5. The van der Waals surface area contributed by atoms with Gasteiger partial charge in [-0.25, -0.2) is 9.59 Å². The maximum Gasteiger partial charge on any atom is 0.337 e. The summed E-state index contributed by atoms with van der Waals surface area (Å²) in [4.78, 5) is 61.2. The molecule has 49 heavy (non-hydrogen) atoms. The number of rotatable bonds is 24. The van der Waals surface area contributed by atoms with Crippen LogP contribution < -0.4 is 5.32 Å². The summed E-state index contributed by atoms with van der Waals surface area (Å²) < 4.78 is 0. The van der Waals surface area contributed by atoms with E-state index in [0.29, 0.717) is 36.8 Å². The molecule has 0 fully saturated rings. The Labute approximate surface area is 287 Å². The molecule has 1 amide bonds. The lowest BCUT2D eigenvalue weighted by Gasteiger charge is -2.29. The van der Waals surface area contributed by atoms with Crippen molar-refractivity contribution in [3.63, 3.8) is 0 Å². The Morgan fingerprint density at radius 3 is 1.88 bits per heavy atom. The van der Waals surface area contributed by atoms with Crippen molar-refractivity contribution in [2.45, 2.75) is 108 Å². The smallest absolute Gasteiger partial charge is 0.337 e. The van der Waals surface area contributed by atoms with E-state index in [0.717, 1.165) is 62.1 Å². The van der Waals surface area contributed by atoms with E-state index in [-0.39, 0.29) is 12.2 Å². The number of carboxylic acid groups (broad SMARTS) is 3. The lowest BCUT2D eigenvalue weighted by Crippen LogP contribution is -2.55. The summed E-state index contributed by atoms with van der Waals surface area (Å²) >= 11 is 0. The quantitative estimate of drug-likeness (QED) is 0.0641. The van der Waals surface area contributed by atoms with E-state index in [2.05, 4.69) is 12.2 Å². The number of carbonyl (C=O) groups is 5. The predicted octanol–water partition coefficient (Wildman–Crippen LogP) is 6.07. The Kier molecular flexibility index (Phi) is 17.5. The molecule has 0 aliphatic carbocycles. The van der Waals surface area contributed by atoms with Gasteiger partial charge in [-0.2, -0.15) is 5.26 Å². The minimum absolute atomic E-state index is 0.170. The molecule has 2 aromatic rings. The van der Waals surface area contributed by atoms with Gasteiger partial charge in [-0.1, -0.05) is 94.0 Å². The fraction of sp³-hybridized carbons (Fsp3) is 0.474. The molecule has 0 radical (unpaired) electrons. The van der Waals surface area contributed by atoms with Crippen molar-refractivity contribution in [3.05, 3.63) is 71.8 Å². The zero-order chi connectivity index (χ0) is 36.2. The highest BCUT2D eigenvalue weighted by atomic mass is 16.4. The molecule has 3 atom stereocenters. The standard InChI is InChI=1S/C38H48N2O9/c1-2-3-4-7-10-13-31(41)14-11-8-5-6-9-12-15-32(38(49,37(47)48)25-34(42)43)35(44)40-33(36(45)46)24-27-16-20-29(21-17-27)30-22-18-28(26-39)19-23-30/h12,15-23,32-33,49H,2-11,13-14,24-25H2,1H3,(H,40,44)(H,42,43)(H,45,46)(H,47,48)/t32-,33+,38+/m1/s1. The van der Waals surface area contributed by atoms with Gasteiger partial charge in [0.2, 0.25) is 5.91 Å². The molecule has 0 saturated heterocycles. The van der Waals surface area contributed by atoms with Crippen LogP contribution in [0.4, 0.5) is 0 Å². The number of nitriles is 1. The highest BCUT2D eigenvalue weighted by Gasteiger charge is 2.49. The topological polar surface area (TPSA) is 202 Å². The van der Waals surface area contributed by atoms with Crippen molar-refractivity contribution in [3.8, 4) is 17.2 Å². The molecule has 0 saturated carbocycles. The van der Waals surface area contributed by atoms with Crippen LogP contribution in [0.3, 0.4) is 0 Å². The molecule has 0 aromatic heterocycles. The van der Waals surface area contributed by atoms with Gasteiger partial charge in [0.1, 0.15) is 11.8 Å². The number of benzene rings is 2. The van der Waals surface area contributed by atoms with Crippen LogP contribution >= 0.6 is 0 Å². The molecule has 0 heterocycles. The number of unbranched alkanes of at least 4 members (excludes halogenated alkanes) is 8. The predicted molar refractivity (Wildman–Crippen MR) is 183 cm³/mol. The van der Waals surface area contributed by atoms with Gasteiger partial charge in [-0.15, -0.1) is 0 Å². The SMILES string of the molecule is CCCCCCCC(=O)CCCCCCC=C[C@H](C(=O)N[C@@H](Cc1ccc(-c2ccc(C#N)cc2)cc1)C(=O)O)[C@@](O)(CC(=O)O)C(=O)O. The Bertz CT molecular complexity index is 1460. The summed E-state index contributed by atoms with van der Waals surface area (Å²) in [7, 11) is 0. The average Bonchev–Trinajstić information content (AvgIpc) is 3.07. The van der Waals surface area contributed by atoms with Gasteiger partial charge in [-0.3, -0.25) is 14.4 Å². The molecule has 2 rings (SSSR count). The molecule has 0 unspecified atom stereocenters. The summed E-state index contributed by atoms with van der Waals surface area (Å²) in [6, 6.07) is 14.3. The third kappa shape index (κ3) is 14.1. The molecule has 2 aromatic carbocycles. The highest BCUT2D eigenvalue weighted by Crippen LogP contribution is 2.26. The van der Waals surface area contributed by atoms with Crippen LogP contribution in [0.15, 0.2) is 60.7 Å². The second kappa shape index (κ2) is 21.2. The number of carboxylic acids is 3. The highest BCUT2D eigenvalue weighted by molar-refractivity contribution is 5.94. The Morgan fingerprint density at radius 2 is 1.37 bits per heavy atom. The van der Waals surface area contributed by atoms with Crippen LogP contribution in [0.2, 0.25) is 0 Å². The minimum Gasteiger partial charge on any atom is -0.481 e. The van der Waals surface area contributed by atoms with Crippen LogP contribution in [0, 0.1) is 17.2 Å².